The molecule has 1 unspecified atom stereocenters. The zero-order chi connectivity index (χ0) is 26.9. The standard InChI is InChI=1S/C28H38FN5O3/c1-6-33(7-2)11-12-34-10-8-9-22-25(27(34)37)17(3)23(31-22)13-19-16-30-28(5)15-24(21(29)14-20(19)28)32-26(36)18(4)35/h13-14,30-31H,6-12,15-16H2,1-5H3,(H,32,36)/b19-13+. The van der Waals surface area contributed by atoms with E-state index < -0.39 is 23.1 Å². The summed E-state index contributed by atoms with van der Waals surface area (Å²) in [4.78, 5) is 44.4. The van der Waals surface area contributed by atoms with E-state index in [1.54, 1.807) is 0 Å². The average molecular weight is 512 g/mol. The molecule has 8 nitrogen and oxygen atoms in total. The molecule has 200 valence electrons. The Hall–Kier alpha value is -3.04. The van der Waals surface area contributed by atoms with E-state index >= 15 is 0 Å². The number of ketones is 1. The smallest absolute Gasteiger partial charge is 0.291 e. The van der Waals surface area contributed by atoms with Gasteiger partial charge in [0.1, 0.15) is 5.83 Å². The van der Waals surface area contributed by atoms with Crippen LogP contribution < -0.4 is 10.6 Å². The average Bonchev–Trinajstić information content (AvgIpc) is 3.28. The molecular weight excluding hydrogens is 473 g/mol. The molecule has 0 radical (unpaired) electrons. The molecule has 37 heavy (non-hydrogen) atoms. The lowest BCUT2D eigenvalue weighted by molar-refractivity contribution is -0.136. The van der Waals surface area contributed by atoms with Gasteiger partial charge in [-0.2, -0.15) is 0 Å². The Bertz CT molecular complexity index is 1210. The maximum atomic E-state index is 14.9. The van der Waals surface area contributed by atoms with Crippen LogP contribution in [0.3, 0.4) is 0 Å². The molecule has 3 heterocycles. The van der Waals surface area contributed by atoms with Crippen LogP contribution in [0.1, 0.15) is 67.8 Å². The molecule has 4 rings (SSSR count). The van der Waals surface area contributed by atoms with Crippen molar-refractivity contribution in [1.29, 1.82) is 0 Å². The number of likely N-dealkylation sites (N-methyl/N-ethyl adjacent to an activating group) is 1. The van der Waals surface area contributed by atoms with E-state index in [4.69, 9.17) is 0 Å². The third-order valence-corrected chi connectivity index (χ3v) is 7.90. The molecule has 2 aliphatic heterocycles. The highest BCUT2D eigenvalue weighted by Crippen LogP contribution is 2.41. The topological polar surface area (TPSA) is 97.5 Å². The summed E-state index contributed by atoms with van der Waals surface area (Å²) in [5.74, 6) is -1.96. The minimum Gasteiger partial charge on any atom is -0.358 e. The van der Waals surface area contributed by atoms with Crippen molar-refractivity contribution in [3.05, 3.63) is 51.3 Å². The van der Waals surface area contributed by atoms with Crippen molar-refractivity contribution in [3.63, 3.8) is 0 Å². The number of amides is 2. The lowest BCUT2D eigenvalue weighted by Crippen LogP contribution is -2.43. The molecule has 1 aromatic heterocycles. The second-order valence-corrected chi connectivity index (χ2v) is 10.4. The van der Waals surface area contributed by atoms with Gasteiger partial charge in [-0.3, -0.25) is 14.4 Å². The fraction of sp³-hybridized carbons (Fsp3) is 0.536. The number of carbonyl (C=O) groups is 3. The first kappa shape index (κ1) is 27.0. The highest BCUT2D eigenvalue weighted by molar-refractivity contribution is 6.35. The Labute approximate surface area is 218 Å². The van der Waals surface area contributed by atoms with Crippen LogP contribution in [-0.2, 0) is 16.0 Å². The Morgan fingerprint density at radius 2 is 2.03 bits per heavy atom. The van der Waals surface area contributed by atoms with Gasteiger partial charge in [0.15, 0.2) is 0 Å². The zero-order valence-electron chi connectivity index (χ0n) is 22.5. The third kappa shape index (κ3) is 5.33. The number of allylic oxidation sites excluding steroid dienone is 2. The Morgan fingerprint density at radius 3 is 2.70 bits per heavy atom. The van der Waals surface area contributed by atoms with E-state index in [0.29, 0.717) is 13.1 Å². The predicted octanol–water partition coefficient (Wildman–Crippen LogP) is 3.02. The molecule has 0 aromatic carbocycles. The zero-order valence-corrected chi connectivity index (χ0v) is 22.5. The predicted molar refractivity (Wildman–Crippen MR) is 142 cm³/mol. The van der Waals surface area contributed by atoms with Gasteiger partial charge in [-0.15, -0.1) is 0 Å². The number of hydrogen-bond donors (Lipinski definition) is 3. The number of rotatable bonds is 8. The van der Waals surface area contributed by atoms with Gasteiger partial charge in [0, 0.05) is 56.5 Å². The van der Waals surface area contributed by atoms with E-state index in [2.05, 4.69) is 34.4 Å². The molecule has 2 amide bonds. The number of H-pyrrole nitrogens is 1. The van der Waals surface area contributed by atoms with Gasteiger partial charge in [0.2, 0.25) is 5.78 Å². The lowest BCUT2D eigenvalue weighted by Gasteiger charge is -2.31. The number of Topliss-reactive ketones (excluding diaryl/α,β-unsaturated/α-hetero) is 1. The van der Waals surface area contributed by atoms with E-state index in [0.717, 1.165) is 79.6 Å². The van der Waals surface area contributed by atoms with Crippen molar-refractivity contribution in [2.24, 2.45) is 0 Å². The number of hydrogen-bond acceptors (Lipinski definition) is 5. The first-order chi connectivity index (χ1) is 17.6. The molecule has 0 spiro atoms. The third-order valence-electron chi connectivity index (χ3n) is 7.90. The molecule has 3 N–H and O–H groups in total. The minimum absolute atomic E-state index is 0.0733. The monoisotopic (exact) mass is 511 g/mol. The van der Waals surface area contributed by atoms with Crippen LogP contribution in [0.5, 0.6) is 0 Å². The molecule has 1 aliphatic carbocycles. The number of nitrogens with one attached hydrogen (secondary N) is 3. The summed E-state index contributed by atoms with van der Waals surface area (Å²) >= 11 is 0. The lowest BCUT2D eigenvalue weighted by atomic mass is 9.82. The van der Waals surface area contributed by atoms with Gasteiger partial charge in [0.05, 0.1) is 11.3 Å². The normalized spacial score (nSPS) is 22.8. The molecule has 3 aliphatic rings. The summed E-state index contributed by atoms with van der Waals surface area (Å²) in [6.45, 7) is 14.1. The first-order valence-electron chi connectivity index (χ1n) is 13.2. The Balaban J connectivity index is 1.61. The van der Waals surface area contributed by atoms with E-state index in [1.807, 2.05) is 24.8 Å². The number of aromatic nitrogens is 1. The van der Waals surface area contributed by atoms with Gasteiger partial charge in [0.25, 0.3) is 11.8 Å². The summed E-state index contributed by atoms with van der Waals surface area (Å²) in [7, 11) is 0. The maximum Gasteiger partial charge on any atom is 0.291 e. The molecule has 9 heteroatoms. The highest BCUT2D eigenvalue weighted by Gasteiger charge is 2.41. The van der Waals surface area contributed by atoms with Crippen molar-refractivity contribution in [2.45, 2.75) is 59.4 Å². The first-order valence-corrected chi connectivity index (χ1v) is 13.2. The quantitative estimate of drug-likeness (QED) is 0.466. The summed E-state index contributed by atoms with van der Waals surface area (Å²) < 4.78 is 14.9. The number of aryl methyl sites for hydroxylation is 1. The number of aromatic amines is 1. The van der Waals surface area contributed by atoms with Gasteiger partial charge in [-0.1, -0.05) is 13.8 Å². The summed E-state index contributed by atoms with van der Waals surface area (Å²) in [6.07, 6.45) is 5.38. The van der Waals surface area contributed by atoms with Crippen molar-refractivity contribution < 1.29 is 18.8 Å². The fourth-order valence-electron chi connectivity index (χ4n) is 5.55. The molecule has 0 bridgehead atoms. The van der Waals surface area contributed by atoms with Crippen molar-refractivity contribution in [2.75, 3.05) is 39.3 Å². The van der Waals surface area contributed by atoms with Crippen molar-refractivity contribution >= 4 is 23.7 Å². The van der Waals surface area contributed by atoms with E-state index in [1.165, 1.54) is 6.08 Å². The van der Waals surface area contributed by atoms with E-state index in [-0.39, 0.29) is 18.0 Å². The van der Waals surface area contributed by atoms with Crippen LogP contribution in [-0.4, -0.2) is 77.2 Å². The van der Waals surface area contributed by atoms with Crippen molar-refractivity contribution in [3.8, 4) is 0 Å². The summed E-state index contributed by atoms with van der Waals surface area (Å²) in [5, 5.41) is 5.85. The SMILES string of the molecule is CCN(CC)CCN1CCCc2[nH]c(/C=C3\CNC4(C)CC(NC(=O)C(C)=O)=C(F)C=C34)c(C)c2C1=O. The van der Waals surface area contributed by atoms with Crippen LogP contribution >= 0.6 is 0 Å². The number of nitrogens with zero attached hydrogens (tertiary/aromatic N) is 2. The largest absolute Gasteiger partial charge is 0.358 e. The Morgan fingerprint density at radius 1 is 1.30 bits per heavy atom. The molecular formula is C28H38FN5O3. The fourth-order valence-corrected chi connectivity index (χ4v) is 5.55. The second kappa shape index (κ2) is 10.8. The van der Waals surface area contributed by atoms with Gasteiger partial charge in [-0.25, -0.2) is 4.39 Å². The number of halogens is 1. The minimum atomic E-state index is -0.821. The summed E-state index contributed by atoms with van der Waals surface area (Å²) in [6, 6.07) is 0. The number of fused-ring (bicyclic) bond motifs is 2. The molecule has 1 fully saturated rings. The van der Waals surface area contributed by atoms with Crippen LogP contribution in [0, 0.1) is 6.92 Å². The molecule has 0 saturated carbocycles. The molecule has 1 atom stereocenters. The van der Waals surface area contributed by atoms with Crippen LogP contribution in [0.2, 0.25) is 0 Å². The highest BCUT2D eigenvalue weighted by atomic mass is 19.1. The van der Waals surface area contributed by atoms with E-state index in [9.17, 15) is 18.8 Å². The van der Waals surface area contributed by atoms with Gasteiger partial charge < -0.3 is 25.4 Å². The summed E-state index contributed by atoms with van der Waals surface area (Å²) in [5.41, 5.74) is 4.78. The number of carbonyl (C=O) groups excluding carboxylic acids is 3. The molecule has 1 aromatic rings. The van der Waals surface area contributed by atoms with Crippen LogP contribution in [0.4, 0.5) is 4.39 Å². The Kier molecular flexibility index (Phi) is 7.85. The molecule has 1 saturated heterocycles. The maximum absolute atomic E-state index is 14.9. The van der Waals surface area contributed by atoms with Gasteiger partial charge in [-0.05, 0) is 68.6 Å². The van der Waals surface area contributed by atoms with Gasteiger partial charge >= 0.3 is 0 Å². The van der Waals surface area contributed by atoms with Crippen LogP contribution in [0.15, 0.2) is 28.7 Å². The van der Waals surface area contributed by atoms with Crippen LogP contribution in [0.25, 0.3) is 6.08 Å². The van der Waals surface area contributed by atoms with Crippen molar-refractivity contribution in [1.82, 2.24) is 25.4 Å². The second-order valence-electron chi connectivity index (χ2n) is 10.4.